The van der Waals surface area contributed by atoms with Crippen molar-refractivity contribution in [2.24, 2.45) is 5.41 Å². The fourth-order valence-corrected chi connectivity index (χ4v) is 2.02. The number of rotatable bonds is 5. The standard InChI is InChI=1S/C14H12F4N4O2/c15-10-7-22(20-11(23)9-2-1-5-19-6-9)21-12(10)24-8-13(3-4-13)14(16,17)18/h1-2,5-7H,3-4,8H2,(H,20,23). The zero-order valence-electron chi connectivity index (χ0n) is 12.2. The Bertz CT molecular complexity index is 741. The van der Waals surface area contributed by atoms with Crippen LogP contribution < -0.4 is 10.2 Å². The summed E-state index contributed by atoms with van der Waals surface area (Å²) >= 11 is 0. The van der Waals surface area contributed by atoms with Crippen LogP contribution in [0.25, 0.3) is 0 Å². The Kier molecular flexibility index (Phi) is 3.90. The number of pyridine rings is 1. The van der Waals surface area contributed by atoms with Crippen LogP contribution in [0.4, 0.5) is 17.6 Å². The van der Waals surface area contributed by atoms with Crippen LogP contribution in [0.1, 0.15) is 23.2 Å². The number of aromatic nitrogens is 3. The average molecular weight is 344 g/mol. The van der Waals surface area contributed by atoms with Crippen LogP contribution in [0.5, 0.6) is 5.88 Å². The SMILES string of the molecule is O=C(Nn1cc(F)c(OCC2(C(F)(F)F)CC2)n1)c1cccnc1. The van der Waals surface area contributed by atoms with Crippen molar-refractivity contribution in [3.63, 3.8) is 0 Å². The molecule has 2 aromatic heterocycles. The molecule has 1 aliphatic carbocycles. The highest BCUT2D eigenvalue weighted by molar-refractivity contribution is 5.99. The first-order chi connectivity index (χ1) is 11.3. The molecule has 24 heavy (non-hydrogen) atoms. The molecule has 1 aliphatic rings. The molecule has 1 amide bonds. The van der Waals surface area contributed by atoms with Crippen molar-refractivity contribution in [2.75, 3.05) is 12.0 Å². The summed E-state index contributed by atoms with van der Waals surface area (Å²) in [6, 6.07) is 3.03. The second-order valence-electron chi connectivity index (χ2n) is 5.48. The van der Waals surface area contributed by atoms with Gasteiger partial charge in [0.15, 0.2) is 0 Å². The van der Waals surface area contributed by atoms with Gasteiger partial charge < -0.3 is 4.74 Å². The summed E-state index contributed by atoms with van der Waals surface area (Å²) in [6.45, 7) is -0.707. The molecule has 0 spiro atoms. The first-order valence-electron chi connectivity index (χ1n) is 6.97. The maximum Gasteiger partial charge on any atom is 0.397 e. The molecule has 0 aromatic carbocycles. The minimum atomic E-state index is -4.40. The van der Waals surface area contributed by atoms with Gasteiger partial charge in [-0.2, -0.15) is 22.4 Å². The van der Waals surface area contributed by atoms with Gasteiger partial charge >= 0.3 is 6.18 Å². The minimum absolute atomic E-state index is 0.0590. The normalized spacial score (nSPS) is 15.8. The lowest BCUT2D eigenvalue weighted by molar-refractivity contribution is -0.194. The fraction of sp³-hybridized carbons (Fsp3) is 0.357. The van der Waals surface area contributed by atoms with E-state index < -0.39 is 35.8 Å². The second-order valence-corrected chi connectivity index (χ2v) is 5.48. The van der Waals surface area contributed by atoms with Crippen LogP contribution in [-0.4, -0.2) is 33.6 Å². The molecule has 0 atom stereocenters. The Hall–Kier alpha value is -2.65. The summed E-state index contributed by atoms with van der Waals surface area (Å²) in [7, 11) is 0. The van der Waals surface area contributed by atoms with Crippen molar-refractivity contribution >= 4 is 5.91 Å². The largest absolute Gasteiger partial charge is 0.474 e. The number of carbonyl (C=O) groups excluding carboxylic acids is 1. The van der Waals surface area contributed by atoms with Crippen LogP contribution in [0.2, 0.25) is 0 Å². The molecule has 1 N–H and O–H groups in total. The summed E-state index contributed by atoms with van der Waals surface area (Å²) in [5, 5.41) is 3.59. The summed E-state index contributed by atoms with van der Waals surface area (Å²) in [5.74, 6) is -2.18. The van der Waals surface area contributed by atoms with Crippen LogP contribution in [0, 0.1) is 11.2 Å². The monoisotopic (exact) mass is 344 g/mol. The number of carbonyl (C=O) groups is 1. The predicted octanol–water partition coefficient (Wildman–Crippen LogP) is 2.52. The molecular formula is C14H12F4N4O2. The van der Waals surface area contributed by atoms with Gasteiger partial charge in [-0.1, -0.05) is 0 Å². The van der Waals surface area contributed by atoms with E-state index >= 15 is 0 Å². The van der Waals surface area contributed by atoms with Crippen molar-refractivity contribution < 1.29 is 27.1 Å². The third-order valence-corrected chi connectivity index (χ3v) is 3.72. The minimum Gasteiger partial charge on any atom is -0.474 e. The zero-order valence-corrected chi connectivity index (χ0v) is 12.2. The molecule has 0 saturated heterocycles. The molecule has 128 valence electrons. The van der Waals surface area contributed by atoms with Crippen molar-refractivity contribution in [1.82, 2.24) is 14.9 Å². The molecule has 2 aromatic rings. The van der Waals surface area contributed by atoms with E-state index in [0.29, 0.717) is 0 Å². The van der Waals surface area contributed by atoms with E-state index in [1.807, 2.05) is 0 Å². The van der Waals surface area contributed by atoms with Gasteiger partial charge in [-0.05, 0) is 25.0 Å². The van der Waals surface area contributed by atoms with Crippen molar-refractivity contribution in [1.29, 1.82) is 0 Å². The molecule has 10 heteroatoms. The Morgan fingerprint density at radius 1 is 1.42 bits per heavy atom. The molecular weight excluding hydrogens is 332 g/mol. The molecule has 6 nitrogen and oxygen atoms in total. The number of alkyl halides is 3. The zero-order chi connectivity index (χ0) is 17.4. The van der Waals surface area contributed by atoms with Gasteiger partial charge in [0.1, 0.15) is 12.0 Å². The van der Waals surface area contributed by atoms with E-state index in [9.17, 15) is 22.4 Å². The van der Waals surface area contributed by atoms with Gasteiger partial charge in [-0.3, -0.25) is 9.78 Å². The quantitative estimate of drug-likeness (QED) is 0.847. The van der Waals surface area contributed by atoms with Gasteiger partial charge in [0, 0.05) is 12.4 Å². The van der Waals surface area contributed by atoms with E-state index in [2.05, 4.69) is 15.5 Å². The van der Waals surface area contributed by atoms with E-state index in [1.54, 1.807) is 6.07 Å². The molecule has 0 bridgehead atoms. The lowest BCUT2D eigenvalue weighted by Gasteiger charge is -2.18. The first-order valence-corrected chi connectivity index (χ1v) is 6.97. The summed E-state index contributed by atoms with van der Waals surface area (Å²) < 4.78 is 57.0. The average Bonchev–Trinajstić information content (AvgIpc) is 3.26. The van der Waals surface area contributed by atoms with Crippen LogP contribution in [-0.2, 0) is 0 Å². The summed E-state index contributed by atoms with van der Waals surface area (Å²) in [5.41, 5.74) is 0.531. The summed E-state index contributed by atoms with van der Waals surface area (Å²) in [4.78, 5) is 16.4. The number of amides is 1. The molecule has 3 rings (SSSR count). The number of nitrogens with one attached hydrogen (secondary N) is 1. The highest BCUT2D eigenvalue weighted by atomic mass is 19.4. The number of hydrogen-bond donors (Lipinski definition) is 1. The predicted molar refractivity (Wildman–Crippen MR) is 73.3 cm³/mol. The third-order valence-electron chi connectivity index (χ3n) is 3.72. The lowest BCUT2D eigenvalue weighted by Crippen LogP contribution is -2.30. The molecule has 0 aliphatic heterocycles. The Morgan fingerprint density at radius 3 is 2.75 bits per heavy atom. The smallest absolute Gasteiger partial charge is 0.397 e. The van der Waals surface area contributed by atoms with Crippen molar-refractivity contribution in [3.8, 4) is 5.88 Å². The molecule has 1 fully saturated rings. The molecule has 1 saturated carbocycles. The van der Waals surface area contributed by atoms with Crippen LogP contribution >= 0.6 is 0 Å². The second kappa shape index (κ2) is 5.77. The fourth-order valence-electron chi connectivity index (χ4n) is 2.02. The number of halogens is 4. The highest BCUT2D eigenvalue weighted by Gasteiger charge is 2.64. The molecule has 0 unspecified atom stereocenters. The van der Waals surface area contributed by atoms with E-state index in [-0.39, 0.29) is 18.4 Å². The van der Waals surface area contributed by atoms with E-state index in [0.717, 1.165) is 11.0 Å². The number of ether oxygens (including phenoxy) is 1. The van der Waals surface area contributed by atoms with Crippen LogP contribution in [0.3, 0.4) is 0 Å². The van der Waals surface area contributed by atoms with Crippen molar-refractivity contribution in [2.45, 2.75) is 19.0 Å². The van der Waals surface area contributed by atoms with Crippen molar-refractivity contribution in [3.05, 3.63) is 42.1 Å². The lowest BCUT2D eigenvalue weighted by atomic mass is 10.1. The van der Waals surface area contributed by atoms with Gasteiger partial charge in [0.25, 0.3) is 11.8 Å². The number of hydrogen-bond acceptors (Lipinski definition) is 4. The Morgan fingerprint density at radius 2 is 2.17 bits per heavy atom. The Balaban J connectivity index is 1.64. The molecule has 0 radical (unpaired) electrons. The van der Waals surface area contributed by atoms with Gasteiger partial charge in [0.05, 0.1) is 11.8 Å². The molecule has 2 heterocycles. The van der Waals surface area contributed by atoms with Gasteiger partial charge in [-0.15, -0.1) is 5.10 Å². The maximum absolute atomic E-state index is 13.7. The number of nitrogens with zero attached hydrogens (tertiary/aromatic N) is 3. The third kappa shape index (κ3) is 3.17. The van der Waals surface area contributed by atoms with E-state index in [4.69, 9.17) is 4.74 Å². The van der Waals surface area contributed by atoms with Gasteiger partial charge in [-0.25, -0.2) is 5.43 Å². The highest BCUT2D eigenvalue weighted by Crippen LogP contribution is 2.57. The summed E-state index contributed by atoms with van der Waals surface area (Å²) in [6.07, 6.45) is -0.943. The maximum atomic E-state index is 13.7. The first kappa shape index (κ1) is 16.2. The van der Waals surface area contributed by atoms with Gasteiger partial charge in [0.2, 0.25) is 5.82 Å². The Labute approximate surface area is 133 Å². The topological polar surface area (TPSA) is 69.0 Å². The van der Waals surface area contributed by atoms with E-state index in [1.165, 1.54) is 18.5 Å². The van der Waals surface area contributed by atoms with Crippen LogP contribution in [0.15, 0.2) is 30.7 Å².